The normalized spacial score (nSPS) is 19.1. The van der Waals surface area contributed by atoms with Crippen LogP contribution in [0.3, 0.4) is 0 Å². The van der Waals surface area contributed by atoms with E-state index >= 15 is 0 Å². The zero-order chi connectivity index (χ0) is 9.97. The summed E-state index contributed by atoms with van der Waals surface area (Å²) in [5.74, 6) is -0.312. The van der Waals surface area contributed by atoms with E-state index < -0.39 is 0 Å². The average Bonchev–Trinajstić information content (AvgIpc) is 2.98. The van der Waals surface area contributed by atoms with Crippen LogP contribution in [-0.4, -0.2) is 25.3 Å². The van der Waals surface area contributed by atoms with Crippen LogP contribution in [0.5, 0.6) is 0 Å². The summed E-state index contributed by atoms with van der Waals surface area (Å²) in [6, 6.07) is 7.18. The van der Waals surface area contributed by atoms with Crippen molar-refractivity contribution < 1.29 is 14.3 Å². The molecule has 0 aliphatic carbocycles. The first kappa shape index (κ1) is 9.68. The van der Waals surface area contributed by atoms with Gasteiger partial charge in [0.1, 0.15) is 12.7 Å². The van der Waals surface area contributed by atoms with Crippen molar-refractivity contribution >= 4 is 21.9 Å². The van der Waals surface area contributed by atoms with E-state index in [-0.39, 0.29) is 12.1 Å². The highest BCUT2D eigenvalue weighted by atomic mass is 79.9. The molecule has 2 rings (SSSR count). The molecule has 0 spiro atoms. The third-order valence-corrected chi connectivity index (χ3v) is 2.59. The van der Waals surface area contributed by atoms with E-state index in [9.17, 15) is 4.79 Å². The van der Waals surface area contributed by atoms with Crippen LogP contribution >= 0.6 is 15.9 Å². The second kappa shape index (κ2) is 4.11. The lowest BCUT2D eigenvalue weighted by atomic mass is 10.2. The van der Waals surface area contributed by atoms with Crippen molar-refractivity contribution in [3.8, 4) is 0 Å². The van der Waals surface area contributed by atoms with Crippen LogP contribution in [0.1, 0.15) is 10.4 Å². The molecule has 0 unspecified atom stereocenters. The molecule has 1 saturated heterocycles. The van der Waals surface area contributed by atoms with Gasteiger partial charge in [-0.3, -0.25) is 0 Å². The lowest BCUT2D eigenvalue weighted by Gasteiger charge is -2.03. The number of ether oxygens (including phenoxy) is 2. The van der Waals surface area contributed by atoms with Crippen molar-refractivity contribution in [1.82, 2.24) is 0 Å². The minimum absolute atomic E-state index is 0.112. The van der Waals surface area contributed by atoms with E-state index in [4.69, 9.17) is 9.47 Å². The Kier molecular flexibility index (Phi) is 2.84. The third kappa shape index (κ3) is 2.33. The summed E-state index contributed by atoms with van der Waals surface area (Å²) in [7, 11) is 0. The topological polar surface area (TPSA) is 38.8 Å². The molecule has 1 aromatic carbocycles. The molecule has 1 aliphatic rings. The summed E-state index contributed by atoms with van der Waals surface area (Å²) in [6.45, 7) is 1.05. The maximum absolute atomic E-state index is 11.5. The molecule has 0 radical (unpaired) electrons. The van der Waals surface area contributed by atoms with Gasteiger partial charge >= 0.3 is 5.97 Å². The SMILES string of the molecule is O=C(OC[C@@H]1CO1)c1ccccc1Br. The molecule has 0 aromatic heterocycles. The maximum atomic E-state index is 11.5. The standard InChI is InChI=1S/C10H9BrO3/c11-9-4-2-1-3-8(9)10(12)14-6-7-5-13-7/h1-4,7H,5-6H2/t7-/m0/s1. The fourth-order valence-electron chi connectivity index (χ4n) is 1.04. The van der Waals surface area contributed by atoms with Gasteiger partial charge < -0.3 is 9.47 Å². The summed E-state index contributed by atoms with van der Waals surface area (Å²) in [6.07, 6.45) is 0.112. The predicted octanol–water partition coefficient (Wildman–Crippen LogP) is 2.00. The van der Waals surface area contributed by atoms with Gasteiger partial charge in [0.2, 0.25) is 0 Å². The predicted molar refractivity (Wildman–Crippen MR) is 54.2 cm³/mol. The lowest BCUT2D eigenvalue weighted by Crippen LogP contribution is -2.10. The monoisotopic (exact) mass is 256 g/mol. The second-order valence-corrected chi connectivity index (χ2v) is 3.89. The van der Waals surface area contributed by atoms with Crippen LogP contribution in [0.2, 0.25) is 0 Å². The maximum Gasteiger partial charge on any atom is 0.339 e. The molecule has 1 fully saturated rings. The van der Waals surface area contributed by atoms with Gasteiger partial charge in [-0.1, -0.05) is 12.1 Å². The molecule has 0 bridgehead atoms. The first-order chi connectivity index (χ1) is 6.77. The zero-order valence-electron chi connectivity index (χ0n) is 7.40. The van der Waals surface area contributed by atoms with E-state index in [0.717, 1.165) is 4.47 Å². The van der Waals surface area contributed by atoms with Crippen molar-refractivity contribution in [2.24, 2.45) is 0 Å². The van der Waals surface area contributed by atoms with Gasteiger partial charge in [0, 0.05) is 4.47 Å². The Labute approximate surface area is 90.1 Å². The molecule has 4 heteroatoms. The Balaban J connectivity index is 1.98. The summed E-state index contributed by atoms with van der Waals surface area (Å²) >= 11 is 3.29. The molecule has 1 aliphatic heterocycles. The van der Waals surface area contributed by atoms with Gasteiger partial charge in [-0.05, 0) is 28.1 Å². The van der Waals surface area contributed by atoms with E-state index in [1.807, 2.05) is 12.1 Å². The summed E-state index contributed by atoms with van der Waals surface area (Å²) in [5, 5.41) is 0. The Morgan fingerprint density at radius 1 is 1.57 bits per heavy atom. The van der Waals surface area contributed by atoms with Gasteiger partial charge in [-0.15, -0.1) is 0 Å². The Bertz CT molecular complexity index is 347. The van der Waals surface area contributed by atoms with E-state index in [1.54, 1.807) is 12.1 Å². The molecular weight excluding hydrogens is 248 g/mol. The average molecular weight is 257 g/mol. The zero-order valence-corrected chi connectivity index (χ0v) is 8.99. The summed E-state index contributed by atoms with van der Waals surface area (Å²) < 4.78 is 10.7. The molecule has 0 saturated carbocycles. The van der Waals surface area contributed by atoms with E-state index in [0.29, 0.717) is 18.8 Å². The Morgan fingerprint density at radius 2 is 2.29 bits per heavy atom. The van der Waals surface area contributed by atoms with Gasteiger partial charge in [-0.2, -0.15) is 0 Å². The van der Waals surface area contributed by atoms with Gasteiger partial charge in [0.25, 0.3) is 0 Å². The first-order valence-electron chi connectivity index (χ1n) is 4.30. The van der Waals surface area contributed by atoms with E-state index in [1.165, 1.54) is 0 Å². The molecular formula is C10H9BrO3. The van der Waals surface area contributed by atoms with Crippen LogP contribution in [0, 0.1) is 0 Å². The lowest BCUT2D eigenvalue weighted by molar-refractivity contribution is 0.0475. The number of epoxide rings is 1. The second-order valence-electron chi connectivity index (χ2n) is 3.03. The van der Waals surface area contributed by atoms with Crippen LogP contribution in [-0.2, 0) is 9.47 Å². The van der Waals surface area contributed by atoms with Crippen molar-refractivity contribution in [1.29, 1.82) is 0 Å². The molecule has 74 valence electrons. The van der Waals surface area contributed by atoms with Crippen molar-refractivity contribution in [3.63, 3.8) is 0 Å². The molecule has 14 heavy (non-hydrogen) atoms. The highest BCUT2D eigenvalue weighted by Gasteiger charge is 2.24. The van der Waals surface area contributed by atoms with Crippen LogP contribution in [0.25, 0.3) is 0 Å². The molecule has 1 atom stereocenters. The minimum Gasteiger partial charge on any atom is -0.459 e. The molecule has 0 N–H and O–H groups in total. The van der Waals surface area contributed by atoms with E-state index in [2.05, 4.69) is 15.9 Å². The highest BCUT2D eigenvalue weighted by Crippen LogP contribution is 2.17. The number of benzene rings is 1. The number of hydrogen-bond acceptors (Lipinski definition) is 3. The molecule has 1 aromatic rings. The highest BCUT2D eigenvalue weighted by molar-refractivity contribution is 9.10. The van der Waals surface area contributed by atoms with Gasteiger partial charge in [0.05, 0.1) is 12.2 Å². The fraction of sp³-hybridized carbons (Fsp3) is 0.300. The first-order valence-corrected chi connectivity index (χ1v) is 5.10. The van der Waals surface area contributed by atoms with Crippen molar-refractivity contribution in [3.05, 3.63) is 34.3 Å². The molecule has 3 nitrogen and oxygen atoms in total. The Hall–Kier alpha value is -0.870. The third-order valence-electron chi connectivity index (χ3n) is 1.90. The number of hydrogen-bond donors (Lipinski definition) is 0. The number of esters is 1. The van der Waals surface area contributed by atoms with Crippen LogP contribution in [0.15, 0.2) is 28.7 Å². The molecule has 1 heterocycles. The number of halogens is 1. The van der Waals surface area contributed by atoms with Crippen LogP contribution in [0.4, 0.5) is 0 Å². The number of carbonyl (C=O) groups is 1. The minimum atomic E-state index is -0.312. The van der Waals surface area contributed by atoms with Crippen molar-refractivity contribution in [2.45, 2.75) is 6.10 Å². The van der Waals surface area contributed by atoms with Crippen LogP contribution < -0.4 is 0 Å². The smallest absolute Gasteiger partial charge is 0.339 e. The fourth-order valence-corrected chi connectivity index (χ4v) is 1.48. The number of rotatable bonds is 3. The largest absolute Gasteiger partial charge is 0.459 e. The van der Waals surface area contributed by atoms with Gasteiger partial charge in [0.15, 0.2) is 0 Å². The number of carbonyl (C=O) groups excluding carboxylic acids is 1. The van der Waals surface area contributed by atoms with Gasteiger partial charge in [-0.25, -0.2) is 4.79 Å². The summed E-state index contributed by atoms with van der Waals surface area (Å²) in [4.78, 5) is 11.5. The quantitative estimate of drug-likeness (QED) is 0.614. The Morgan fingerprint density at radius 3 is 2.93 bits per heavy atom. The molecule has 0 amide bonds. The summed E-state index contributed by atoms with van der Waals surface area (Å²) in [5.41, 5.74) is 0.549. The van der Waals surface area contributed by atoms with Crippen molar-refractivity contribution in [2.75, 3.05) is 13.2 Å².